The number of aliphatic hydroxyl groups excluding tert-OH is 1. The van der Waals surface area contributed by atoms with Crippen LogP contribution in [0.2, 0.25) is 0 Å². The molecule has 0 bridgehead atoms. The first-order valence-corrected chi connectivity index (χ1v) is 3.70. The van der Waals surface area contributed by atoms with Gasteiger partial charge in [-0.2, -0.15) is 0 Å². The lowest BCUT2D eigenvalue weighted by Gasteiger charge is -2.17. The number of primary amides is 1. The van der Waals surface area contributed by atoms with E-state index >= 15 is 0 Å². The fourth-order valence-corrected chi connectivity index (χ4v) is 0.621. The molecule has 0 aromatic heterocycles. The Morgan fingerprint density at radius 2 is 2.18 bits per heavy atom. The molecule has 0 aliphatic heterocycles. The highest BCUT2D eigenvalue weighted by atomic mass is 16.3. The van der Waals surface area contributed by atoms with Gasteiger partial charge in [0, 0.05) is 12.6 Å². The van der Waals surface area contributed by atoms with Crippen LogP contribution in [-0.2, 0) is 4.79 Å². The standard InChI is InChI=1S/C7H16N2O2/c1-5(4-10)6(2)9-3-7(8)11/h5-6,9-10H,3-4H2,1-2H3,(H2,8,11). The fraction of sp³-hybridized carbons (Fsp3) is 0.857. The summed E-state index contributed by atoms with van der Waals surface area (Å²) in [7, 11) is 0. The van der Waals surface area contributed by atoms with Gasteiger partial charge in [0.05, 0.1) is 6.54 Å². The molecule has 0 rings (SSSR count). The summed E-state index contributed by atoms with van der Waals surface area (Å²) in [6.45, 7) is 4.10. The minimum atomic E-state index is -0.373. The summed E-state index contributed by atoms with van der Waals surface area (Å²) in [5, 5.41) is 11.6. The first-order chi connectivity index (χ1) is 5.07. The summed E-state index contributed by atoms with van der Waals surface area (Å²) >= 11 is 0. The molecule has 0 aliphatic carbocycles. The monoisotopic (exact) mass is 160 g/mol. The van der Waals surface area contributed by atoms with E-state index in [1.54, 1.807) is 0 Å². The van der Waals surface area contributed by atoms with E-state index in [1.807, 2.05) is 13.8 Å². The number of carbonyl (C=O) groups is 1. The van der Waals surface area contributed by atoms with E-state index in [9.17, 15) is 4.79 Å². The maximum Gasteiger partial charge on any atom is 0.231 e. The molecule has 2 atom stereocenters. The lowest BCUT2D eigenvalue weighted by molar-refractivity contribution is -0.117. The van der Waals surface area contributed by atoms with Gasteiger partial charge in [-0.25, -0.2) is 0 Å². The van der Waals surface area contributed by atoms with Crippen LogP contribution < -0.4 is 11.1 Å². The topological polar surface area (TPSA) is 75.3 Å². The molecule has 0 radical (unpaired) electrons. The first kappa shape index (κ1) is 10.4. The Balaban J connectivity index is 3.51. The molecule has 1 amide bonds. The Morgan fingerprint density at radius 3 is 2.55 bits per heavy atom. The van der Waals surface area contributed by atoms with Crippen LogP contribution in [0.5, 0.6) is 0 Å². The van der Waals surface area contributed by atoms with Crippen molar-refractivity contribution in [2.45, 2.75) is 19.9 Å². The average Bonchev–Trinajstić information content (AvgIpc) is 1.98. The van der Waals surface area contributed by atoms with Crippen molar-refractivity contribution in [1.82, 2.24) is 5.32 Å². The highest BCUT2D eigenvalue weighted by Gasteiger charge is 2.10. The summed E-state index contributed by atoms with van der Waals surface area (Å²) in [5.74, 6) is -0.226. The number of nitrogens with one attached hydrogen (secondary N) is 1. The van der Waals surface area contributed by atoms with Gasteiger partial charge in [-0.1, -0.05) is 6.92 Å². The molecule has 4 N–H and O–H groups in total. The van der Waals surface area contributed by atoms with Crippen LogP contribution in [0.15, 0.2) is 0 Å². The molecule has 0 aromatic carbocycles. The molecule has 11 heavy (non-hydrogen) atoms. The number of nitrogens with two attached hydrogens (primary N) is 1. The minimum Gasteiger partial charge on any atom is -0.396 e. The van der Waals surface area contributed by atoms with Crippen molar-refractivity contribution in [2.24, 2.45) is 11.7 Å². The molecule has 4 nitrogen and oxygen atoms in total. The number of amides is 1. The maximum absolute atomic E-state index is 10.3. The zero-order chi connectivity index (χ0) is 8.85. The van der Waals surface area contributed by atoms with Crippen LogP contribution in [0.25, 0.3) is 0 Å². The molecular weight excluding hydrogens is 144 g/mol. The van der Waals surface area contributed by atoms with Gasteiger partial charge >= 0.3 is 0 Å². The van der Waals surface area contributed by atoms with E-state index in [4.69, 9.17) is 10.8 Å². The molecule has 0 aromatic rings. The number of hydrogen-bond donors (Lipinski definition) is 3. The quantitative estimate of drug-likeness (QED) is 0.487. The molecule has 0 fully saturated rings. The number of hydrogen-bond acceptors (Lipinski definition) is 3. The molecule has 2 unspecified atom stereocenters. The van der Waals surface area contributed by atoms with E-state index < -0.39 is 0 Å². The van der Waals surface area contributed by atoms with Crippen molar-refractivity contribution >= 4 is 5.91 Å². The predicted molar refractivity (Wildman–Crippen MR) is 42.9 cm³/mol. The van der Waals surface area contributed by atoms with Crippen LogP contribution in [0.4, 0.5) is 0 Å². The van der Waals surface area contributed by atoms with Crippen LogP contribution in [0, 0.1) is 5.92 Å². The Hall–Kier alpha value is -0.610. The number of carbonyl (C=O) groups excluding carboxylic acids is 1. The second kappa shape index (κ2) is 5.09. The van der Waals surface area contributed by atoms with Gasteiger partial charge in [-0.15, -0.1) is 0 Å². The third-order valence-electron chi connectivity index (χ3n) is 1.74. The summed E-state index contributed by atoms with van der Waals surface area (Å²) in [4.78, 5) is 10.3. The molecular formula is C7H16N2O2. The van der Waals surface area contributed by atoms with Crippen LogP contribution in [-0.4, -0.2) is 30.2 Å². The Morgan fingerprint density at radius 1 is 1.64 bits per heavy atom. The molecule has 66 valence electrons. The summed E-state index contributed by atoms with van der Waals surface area (Å²) in [5.41, 5.74) is 4.92. The Kier molecular flexibility index (Phi) is 4.81. The van der Waals surface area contributed by atoms with Gasteiger partial charge in [-0.05, 0) is 12.8 Å². The van der Waals surface area contributed by atoms with Crippen molar-refractivity contribution in [3.8, 4) is 0 Å². The first-order valence-electron chi connectivity index (χ1n) is 3.70. The van der Waals surface area contributed by atoms with Crippen LogP contribution >= 0.6 is 0 Å². The van der Waals surface area contributed by atoms with Gasteiger partial charge in [0.25, 0.3) is 0 Å². The second-order valence-electron chi connectivity index (χ2n) is 2.80. The van der Waals surface area contributed by atoms with Crippen molar-refractivity contribution in [2.75, 3.05) is 13.2 Å². The SMILES string of the molecule is CC(CO)C(C)NCC(N)=O. The molecule has 0 spiro atoms. The van der Waals surface area contributed by atoms with Crippen molar-refractivity contribution in [1.29, 1.82) is 0 Å². The lowest BCUT2D eigenvalue weighted by atomic mass is 10.1. The summed E-state index contributed by atoms with van der Waals surface area (Å²) in [6, 6.07) is 0.118. The molecule has 0 aliphatic rings. The summed E-state index contributed by atoms with van der Waals surface area (Å²) in [6.07, 6.45) is 0. The van der Waals surface area contributed by atoms with Gasteiger partial charge in [0.1, 0.15) is 0 Å². The number of aliphatic hydroxyl groups is 1. The van der Waals surface area contributed by atoms with E-state index in [-0.39, 0.29) is 31.0 Å². The van der Waals surface area contributed by atoms with Crippen LogP contribution in [0.1, 0.15) is 13.8 Å². The highest BCUT2D eigenvalue weighted by molar-refractivity contribution is 5.75. The Bertz CT molecular complexity index is 128. The largest absolute Gasteiger partial charge is 0.396 e. The summed E-state index contributed by atoms with van der Waals surface area (Å²) < 4.78 is 0. The lowest BCUT2D eigenvalue weighted by Crippen LogP contribution is -2.39. The zero-order valence-corrected chi connectivity index (χ0v) is 7.00. The van der Waals surface area contributed by atoms with Gasteiger partial charge < -0.3 is 16.2 Å². The van der Waals surface area contributed by atoms with E-state index in [1.165, 1.54) is 0 Å². The van der Waals surface area contributed by atoms with E-state index in [0.29, 0.717) is 0 Å². The molecule has 0 saturated heterocycles. The molecule has 4 heteroatoms. The Labute approximate surface area is 66.8 Å². The highest BCUT2D eigenvalue weighted by Crippen LogP contribution is 1.99. The van der Waals surface area contributed by atoms with Crippen molar-refractivity contribution < 1.29 is 9.90 Å². The minimum absolute atomic E-state index is 0.118. The van der Waals surface area contributed by atoms with Gasteiger partial charge in [-0.3, -0.25) is 4.79 Å². The van der Waals surface area contributed by atoms with E-state index in [2.05, 4.69) is 5.32 Å². The molecule has 0 heterocycles. The normalized spacial score (nSPS) is 15.9. The average molecular weight is 160 g/mol. The van der Waals surface area contributed by atoms with E-state index in [0.717, 1.165) is 0 Å². The smallest absolute Gasteiger partial charge is 0.231 e. The second-order valence-corrected chi connectivity index (χ2v) is 2.80. The van der Waals surface area contributed by atoms with Crippen LogP contribution in [0.3, 0.4) is 0 Å². The predicted octanol–water partition coefficient (Wildman–Crippen LogP) is -0.922. The van der Waals surface area contributed by atoms with Gasteiger partial charge in [0.15, 0.2) is 0 Å². The number of rotatable bonds is 5. The third-order valence-corrected chi connectivity index (χ3v) is 1.74. The zero-order valence-electron chi connectivity index (χ0n) is 7.00. The fourth-order valence-electron chi connectivity index (χ4n) is 0.621. The van der Waals surface area contributed by atoms with Gasteiger partial charge in [0.2, 0.25) is 5.91 Å². The maximum atomic E-state index is 10.3. The molecule has 0 saturated carbocycles. The van der Waals surface area contributed by atoms with Crippen molar-refractivity contribution in [3.63, 3.8) is 0 Å². The third kappa shape index (κ3) is 4.75. The van der Waals surface area contributed by atoms with Crippen molar-refractivity contribution in [3.05, 3.63) is 0 Å².